The molecule has 0 radical (unpaired) electrons. The van der Waals surface area contributed by atoms with E-state index in [0.717, 1.165) is 13.0 Å². The summed E-state index contributed by atoms with van der Waals surface area (Å²) in [6.07, 6.45) is 6.10. The largest absolute Gasteiger partial charge is 0.310 e. The van der Waals surface area contributed by atoms with Gasteiger partial charge in [0.05, 0.1) is 0 Å². The molecule has 3 nitrogen and oxygen atoms in total. The monoisotopic (exact) mass is 218 g/mol. The fourth-order valence-corrected chi connectivity index (χ4v) is 3.63. The van der Waals surface area contributed by atoms with Crippen molar-refractivity contribution < 1.29 is 4.52 Å². The second-order valence-corrected chi connectivity index (χ2v) is 7.37. The predicted octanol–water partition coefficient (Wildman–Crippen LogP) is 1.13. The topological polar surface area (TPSA) is 15.7 Å². The molecule has 74 valence electrons. The molecule has 1 aliphatic heterocycles. The molecule has 0 saturated carbocycles. The van der Waals surface area contributed by atoms with Crippen LogP contribution in [-0.2, 0) is 16.3 Å². The van der Waals surface area contributed by atoms with Crippen molar-refractivity contribution >= 4 is 18.4 Å². The van der Waals surface area contributed by atoms with E-state index in [-0.39, 0.29) is 6.10 Å². The lowest BCUT2D eigenvalue weighted by atomic mass is 10.3. The molecule has 0 amide bonds. The van der Waals surface area contributed by atoms with Gasteiger partial charge < -0.3 is 4.52 Å². The first kappa shape index (κ1) is 11.2. The van der Waals surface area contributed by atoms with Gasteiger partial charge in [0.15, 0.2) is 0 Å². The molecule has 1 fully saturated rings. The first-order chi connectivity index (χ1) is 6.00. The molecule has 0 bridgehead atoms. The van der Waals surface area contributed by atoms with Crippen LogP contribution in [0.15, 0.2) is 0 Å². The van der Waals surface area contributed by atoms with Crippen LogP contribution in [0.5, 0.6) is 0 Å². The number of hydrogen-bond acceptors (Lipinski definition) is 2. The number of nitrogens with zero attached hydrogens (tertiary/aromatic N) is 2. The molecule has 0 aromatic rings. The summed E-state index contributed by atoms with van der Waals surface area (Å²) in [5.74, 6) is 2.62. The maximum absolute atomic E-state index is 5.74. The lowest BCUT2D eigenvalue weighted by molar-refractivity contribution is 0.186. The molecule has 1 heterocycles. The Labute approximate surface area is 85.2 Å². The molecule has 2 unspecified atom stereocenters. The summed E-state index contributed by atoms with van der Waals surface area (Å²) in [6, 6.07) is 0. The van der Waals surface area contributed by atoms with Crippen molar-refractivity contribution in [3.8, 4) is 12.3 Å². The molecular weight excluding hydrogens is 203 g/mol. The first-order valence-electron chi connectivity index (χ1n) is 4.14. The van der Waals surface area contributed by atoms with E-state index in [1.807, 2.05) is 25.8 Å². The Hall–Kier alpha value is 0.0900. The van der Waals surface area contributed by atoms with Gasteiger partial charge in [0, 0.05) is 6.54 Å². The third-order valence-corrected chi connectivity index (χ3v) is 6.78. The van der Waals surface area contributed by atoms with Crippen molar-refractivity contribution in [1.29, 1.82) is 0 Å². The lowest BCUT2D eigenvalue weighted by Crippen LogP contribution is -2.35. The van der Waals surface area contributed by atoms with Crippen LogP contribution in [0.2, 0.25) is 0 Å². The summed E-state index contributed by atoms with van der Waals surface area (Å²) in [7, 11) is 5.87. The van der Waals surface area contributed by atoms with E-state index >= 15 is 0 Å². The second-order valence-electron chi connectivity index (χ2n) is 3.27. The minimum atomic E-state index is -1.99. The highest BCUT2D eigenvalue weighted by Gasteiger charge is 2.33. The summed E-state index contributed by atoms with van der Waals surface area (Å²) in [4.78, 5) is 0. The van der Waals surface area contributed by atoms with Crippen LogP contribution in [0.3, 0.4) is 0 Å². The standard InChI is InChI=1S/C8H15N2OPS/c1-5-8-6-7-10(4)12(13,11-8)9(2)3/h1,8H,6-7H2,2-4H3. The van der Waals surface area contributed by atoms with Crippen LogP contribution < -0.4 is 0 Å². The quantitative estimate of drug-likeness (QED) is 0.484. The van der Waals surface area contributed by atoms with Crippen molar-refractivity contribution in [3.05, 3.63) is 0 Å². The molecule has 0 N–H and O–H groups in total. The summed E-state index contributed by atoms with van der Waals surface area (Å²) in [5.41, 5.74) is 0. The van der Waals surface area contributed by atoms with Gasteiger partial charge in [0.2, 0.25) is 6.57 Å². The highest BCUT2D eigenvalue weighted by atomic mass is 32.5. The third-order valence-electron chi connectivity index (χ3n) is 2.10. The fraction of sp³-hybridized carbons (Fsp3) is 0.750. The number of hydrogen-bond donors (Lipinski definition) is 0. The molecule has 0 aromatic heterocycles. The zero-order valence-electron chi connectivity index (χ0n) is 8.23. The number of rotatable bonds is 1. The van der Waals surface area contributed by atoms with Crippen LogP contribution in [0, 0.1) is 12.3 Å². The Balaban J connectivity index is 2.83. The summed E-state index contributed by atoms with van der Waals surface area (Å²) < 4.78 is 9.80. The highest BCUT2D eigenvalue weighted by molar-refractivity contribution is 8.09. The summed E-state index contributed by atoms with van der Waals surface area (Å²) in [5, 5.41) is 0. The average molecular weight is 218 g/mol. The Morgan fingerprint density at radius 3 is 2.77 bits per heavy atom. The second kappa shape index (κ2) is 4.08. The molecule has 1 saturated heterocycles. The summed E-state index contributed by atoms with van der Waals surface area (Å²) >= 11 is 5.49. The van der Waals surface area contributed by atoms with Gasteiger partial charge in [0.1, 0.15) is 6.10 Å². The van der Waals surface area contributed by atoms with Gasteiger partial charge in [-0.25, -0.2) is 9.34 Å². The normalized spacial score (nSPS) is 36.1. The zero-order chi connectivity index (χ0) is 10.1. The van der Waals surface area contributed by atoms with Crippen molar-refractivity contribution in [2.45, 2.75) is 12.5 Å². The van der Waals surface area contributed by atoms with Gasteiger partial charge in [0.25, 0.3) is 0 Å². The Bertz CT molecular complexity index is 274. The minimum absolute atomic E-state index is 0.107. The van der Waals surface area contributed by atoms with Crippen LogP contribution in [0.4, 0.5) is 0 Å². The SMILES string of the molecule is C#CC1CCN(C)P(=S)(N(C)C)O1. The van der Waals surface area contributed by atoms with E-state index in [0.29, 0.717) is 0 Å². The van der Waals surface area contributed by atoms with Crippen LogP contribution in [-0.4, -0.2) is 43.1 Å². The minimum Gasteiger partial charge on any atom is -0.310 e. The van der Waals surface area contributed by atoms with Gasteiger partial charge in [-0.15, -0.1) is 6.42 Å². The van der Waals surface area contributed by atoms with Gasteiger partial charge in [-0.05, 0) is 39.4 Å². The van der Waals surface area contributed by atoms with E-state index in [1.165, 1.54) is 0 Å². The predicted molar refractivity (Wildman–Crippen MR) is 58.9 cm³/mol. The Kier molecular flexibility index (Phi) is 3.50. The first-order valence-corrected chi connectivity index (χ1v) is 6.77. The van der Waals surface area contributed by atoms with E-state index < -0.39 is 6.57 Å². The highest BCUT2D eigenvalue weighted by Crippen LogP contribution is 2.55. The number of terminal acetylenes is 1. The van der Waals surface area contributed by atoms with Gasteiger partial charge in [-0.2, -0.15) is 0 Å². The fourth-order valence-electron chi connectivity index (χ4n) is 1.24. The van der Waals surface area contributed by atoms with Gasteiger partial charge in [-0.1, -0.05) is 5.92 Å². The van der Waals surface area contributed by atoms with Crippen LogP contribution in [0.25, 0.3) is 0 Å². The van der Waals surface area contributed by atoms with Crippen molar-refractivity contribution in [3.63, 3.8) is 0 Å². The third kappa shape index (κ3) is 2.12. The van der Waals surface area contributed by atoms with Gasteiger partial charge >= 0.3 is 0 Å². The van der Waals surface area contributed by atoms with Crippen molar-refractivity contribution in [1.82, 2.24) is 9.34 Å². The molecule has 0 aromatic carbocycles. The molecule has 0 aliphatic carbocycles. The van der Waals surface area contributed by atoms with E-state index in [4.69, 9.17) is 22.8 Å². The maximum Gasteiger partial charge on any atom is 0.203 e. The molecule has 1 rings (SSSR count). The van der Waals surface area contributed by atoms with Crippen LogP contribution >= 0.6 is 6.57 Å². The molecule has 1 aliphatic rings. The molecule has 0 spiro atoms. The van der Waals surface area contributed by atoms with Crippen LogP contribution in [0.1, 0.15) is 6.42 Å². The molecule has 5 heteroatoms. The van der Waals surface area contributed by atoms with E-state index in [2.05, 4.69) is 10.6 Å². The summed E-state index contributed by atoms with van der Waals surface area (Å²) in [6.45, 7) is -1.07. The lowest BCUT2D eigenvalue weighted by Gasteiger charge is -2.41. The molecule has 13 heavy (non-hydrogen) atoms. The average Bonchev–Trinajstić information content (AvgIpc) is 2.09. The van der Waals surface area contributed by atoms with E-state index in [1.54, 1.807) is 0 Å². The van der Waals surface area contributed by atoms with Crippen molar-refractivity contribution in [2.24, 2.45) is 0 Å². The Morgan fingerprint density at radius 2 is 2.31 bits per heavy atom. The smallest absolute Gasteiger partial charge is 0.203 e. The molecule has 2 atom stereocenters. The molecular formula is C8H15N2OPS. The zero-order valence-corrected chi connectivity index (χ0v) is 9.94. The van der Waals surface area contributed by atoms with E-state index in [9.17, 15) is 0 Å². The Morgan fingerprint density at radius 1 is 1.69 bits per heavy atom. The van der Waals surface area contributed by atoms with Gasteiger partial charge in [-0.3, -0.25) is 0 Å². The van der Waals surface area contributed by atoms with Crippen molar-refractivity contribution in [2.75, 3.05) is 27.7 Å². The maximum atomic E-state index is 5.74.